The molecule has 1 rings (SSSR count). The molecular weight excluding hydrogens is 315 g/mol. The van der Waals surface area contributed by atoms with Crippen LogP contribution in [0.15, 0.2) is 18.2 Å². The normalized spacial score (nSPS) is 11.2. The molecule has 0 aromatic heterocycles. The van der Waals surface area contributed by atoms with E-state index in [1.807, 2.05) is 0 Å². The van der Waals surface area contributed by atoms with Crippen molar-refractivity contribution in [1.29, 1.82) is 0 Å². The standard InChI is InChI=1S/C14H18F3N3O3/c1-4-19(5-2)13(21)9-18(3)11-7-6-10(14(15,16)17)8-12(11)20(22)23/h6-8H,4-5,9H2,1-3H3. The van der Waals surface area contributed by atoms with Crippen LogP contribution in [-0.4, -0.2) is 42.4 Å². The third-order valence-corrected chi connectivity index (χ3v) is 3.40. The van der Waals surface area contributed by atoms with Crippen molar-refractivity contribution < 1.29 is 22.9 Å². The molecule has 0 radical (unpaired) electrons. The molecule has 23 heavy (non-hydrogen) atoms. The van der Waals surface area contributed by atoms with Crippen molar-refractivity contribution in [2.75, 3.05) is 31.6 Å². The van der Waals surface area contributed by atoms with Crippen molar-refractivity contribution in [2.45, 2.75) is 20.0 Å². The van der Waals surface area contributed by atoms with E-state index < -0.39 is 22.4 Å². The van der Waals surface area contributed by atoms with Gasteiger partial charge in [0.15, 0.2) is 0 Å². The third-order valence-electron chi connectivity index (χ3n) is 3.40. The van der Waals surface area contributed by atoms with Gasteiger partial charge in [-0.3, -0.25) is 14.9 Å². The van der Waals surface area contributed by atoms with E-state index in [-0.39, 0.29) is 18.1 Å². The quantitative estimate of drug-likeness (QED) is 0.593. The van der Waals surface area contributed by atoms with Crippen LogP contribution in [0.5, 0.6) is 0 Å². The summed E-state index contributed by atoms with van der Waals surface area (Å²) in [5.41, 5.74) is -1.82. The lowest BCUT2D eigenvalue weighted by atomic mass is 10.1. The smallest absolute Gasteiger partial charge is 0.360 e. The van der Waals surface area contributed by atoms with Crippen LogP contribution in [0.2, 0.25) is 0 Å². The summed E-state index contributed by atoms with van der Waals surface area (Å²) in [5.74, 6) is -0.258. The van der Waals surface area contributed by atoms with Gasteiger partial charge in [-0.05, 0) is 26.0 Å². The molecule has 1 aromatic carbocycles. The number of hydrogen-bond acceptors (Lipinski definition) is 4. The molecule has 128 valence electrons. The topological polar surface area (TPSA) is 66.7 Å². The first-order chi connectivity index (χ1) is 10.6. The summed E-state index contributed by atoms with van der Waals surface area (Å²) in [7, 11) is 1.43. The summed E-state index contributed by atoms with van der Waals surface area (Å²) < 4.78 is 38.0. The molecule has 0 heterocycles. The number of hydrogen-bond donors (Lipinski definition) is 0. The summed E-state index contributed by atoms with van der Waals surface area (Å²) in [6.45, 7) is 4.40. The van der Waals surface area contributed by atoms with Crippen LogP contribution in [0.25, 0.3) is 0 Å². The minimum atomic E-state index is -4.67. The van der Waals surface area contributed by atoms with Crippen LogP contribution >= 0.6 is 0 Å². The first-order valence-corrected chi connectivity index (χ1v) is 6.96. The number of halogens is 3. The highest BCUT2D eigenvalue weighted by Crippen LogP contribution is 2.36. The van der Waals surface area contributed by atoms with Crippen LogP contribution in [0.1, 0.15) is 19.4 Å². The van der Waals surface area contributed by atoms with Gasteiger partial charge in [0.1, 0.15) is 5.69 Å². The largest absolute Gasteiger partial charge is 0.416 e. The second kappa shape index (κ2) is 7.30. The second-order valence-electron chi connectivity index (χ2n) is 4.88. The van der Waals surface area contributed by atoms with Crippen molar-refractivity contribution >= 4 is 17.3 Å². The Balaban J connectivity index is 3.11. The zero-order valence-electron chi connectivity index (χ0n) is 13.1. The zero-order valence-corrected chi connectivity index (χ0v) is 13.1. The molecule has 0 unspecified atom stereocenters. The van der Waals surface area contributed by atoms with Gasteiger partial charge in [-0.2, -0.15) is 13.2 Å². The number of likely N-dealkylation sites (N-methyl/N-ethyl adjacent to an activating group) is 2. The minimum Gasteiger partial charge on any atom is -0.360 e. The van der Waals surface area contributed by atoms with Crippen molar-refractivity contribution in [2.24, 2.45) is 0 Å². The number of alkyl halides is 3. The molecule has 0 aliphatic heterocycles. The highest BCUT2D eigenvalue weighted by molar-refractivity contribution is 5.82. The van der Waals surface area contributed by atoms with Gasteiger partial charge in [0.2, 0.25) is 5.91 Å². The number of rotatable bonds is 6. The number of nitro groups is 1. The molecule has 1 aromatic rings. The molecule has 0 N–H and O–H groups in total. The average molecular weight is 333 g/mol. The lowest BCUT2D eigenvalue weighted by molar-refractivity contribution is -0.384. The van der Waals surface area contributed by atoms with Gasteiger partial charge >= 0.3 is 6.18 Å². The van der Waals surface area contributed by atoms with Crippen molar-refractivity contribution in [3.63, 3.8) is 0 Å². The van der Waals surface area contributed by atoms with Gasteiger partial charge < -0.3 is 9.80 Å². The van der Waals surface area contributed by atoms with Crippen molar-refractivity contribution in [1.82, 2.24) is 4.90 Å². The summed E-state index contributed by atoms with van der Waals surface area (Å²) >= 11 is 0. The van der Waals surface area contributed by atoms with E-state index in [1.54, 1.807) is 13.8 Å². The Morgan fingerprint density at radius 2 is 1.83 bits per heavy atom. The molecule has 0 atom stereocenters. The Bertz CT molecular complexity index is 586. The molecule has 0 fully saturated rings. The Kier molecular flexibility index (Phi) is 5.94. The minimum absolute atomic E-state index is 0.0384. The fourth-order valence-electron chi connectivity index (χ4n) is 2.13. The maximum Gasteiger partial charge on any atom is 0.416 e. The lowest BCUT2D eigenvalue weighted by Gasteiger charge is -2.24. The van der Waals surface area contributed by atoms with E-state index in [1.165, 1.54) is 16.8 Å². The molecule has 0 spiro atoms. The van der Waals surface area contributed by atoms with Gasteiger partial charge in [-0.15, -0.1) is 0 Å². The maximum atomic E-state index is 12.7. The number of carbonyl (C=O) groups excluding carboxylic acids is 1. The number of nitro benzene ring substituents is 1. The van der Waals surface area contributed by atoms with Crippen LogP contribution in [0, 0.1) is 10.1 Å². The van der Waals surface area contributed by atoms with Gasteiger partial charge in [0.05, 0.1) is 17.0 Å². The van der Waals surface area contributed by atoms with E-state index in [2.05, 4.69) is 0 Å². The van der Waals surface area contributed by atoms with E-state index in [4.69, 9.17) is 0 Å². The first-order valence-electron chi connectivity index (χ1n) is 6.96. The Morgan fingerprint density at radius 3 is 2.26 bits per heavy atom. The first kappa shape index (κ1) is 18.7. The molecular formula is C14H18F3N3O3. The molecule has 1 amide bonds. The fourth-order valence-corrected chi connectivity index (χ4v) is 2.13. The van der Waals surface area contributed by atoms with E-state index in [9.17, 15) is 28.1 Å². The summed E-state index contributed by atoms with van der Waals surface area (Å²) in [6, 6.07) is 2.25. The summed E-state index contributed by atoms with van der Waals surface area (Å²) in [4.78, 5) is 25.0. The predicted octanol–water partition coefficient (Wildman–Crippen LogP) is 2.92. The zero-order chi connectivity index (χ0) is 17.8. The molecule has 0 saturated carbocycles. The fraction of sp³-hybridized carbons (Fsp3) is 0.500. The molecule has 0 saturated heterocycles. The van der Waals surface area contributed by atoms with Crippen LogP contribution in [0.3, 0.4) is 0 Å². The average Bonchev–Trinajstić information content (AvgIpc) is 2.46. The number of nitrogens with zero attached hydrogens (tertiary/aromatic N) is 3. The van der Waals surface area contributed by atoms with E-state index >= 15 is 0 Å². The molecule has 6 nitrogen and oxygen atoms in total. The number of amides is 1. The van der Waals surface area contributed by atoms with E-state index in [0.29, 0.717) is 19.2 Å². The van der Waals surface area contributed by atoms with Gasteiger partial charge in [0, 0.05) is 26.2 Å². The number of benzene rings is 1. The van der Waals surface area contributed by atoms with E-state index in [0.717, 1.165) is 12.1 Å². The Hall–Kier alpha value is -2.32. The highest BCUT2D eigenvalue weighted by atomic mass is 19.4. The Morgan fingerprint density at radius 1 is 1.26 bits per heavy atom. The molecule has 0 bridgehead atoms. The monoisotopic (exact) mass is 333 g/mol. The van der Waals surface area contributed by atoms with Crippen LogP contribution < -0.4 is 4.90 Å². The van der Waals surface area contributed by atoms with Crippen molar-refractivity contribution in [3.8, 4) is 0 Å². The third kappa shape index (κ3) is 4.57. The number of anilines is 1. The molecule has 0 aliphatic carbocycles. The van der Waals surface area contributed by atoms with Crippen molar-refractivity contribution in [3.05, 3.63) is 33.9 Å². The summed E-state index contributed by atoms with van der Waals surface area (Å²) in [6.07, 6.45) is -4.67. The van der Waals surface area contributed by atoms with Gasteiger partial charge in [0.25, 0.3) is 5.69 Å². The number of carbonyl (C=O) groups is 1. The molecule has 9 heteroatoms. The van der Waals surface area contributed by atoms with Crippen LogP contribution in [-0.2, 0) is 11.0 Å². The predicted molar refractivity (Wildman–Crippen MR) is 79.3 cm³/mol. The second-order valence-corrected chi connectivity index (χ2v) is 4.88. The van der Waals surface area contributed by atoms with Gasteiger partial charge in [-0.1, -0.05) is 0 Å². The Labute approximate surface area is 131 Å². The van der Waals surface area contributed by atoms with Crippen LogP contribution in [0.4, 0.5) is 24.5 Å². The van der Waals surface area contributed by atoms with Gasteiger partial charge in [-0.25, -0.2) is 0 Å². The SMILES string of the molecule is CCN(CC)C(=O)CN(C)c1ccc(C(F)(F)F)cc1[N+](=O)[O-]. The summed E-state index contributed by atoms with van der Waals surface area (Å²) in [5, 5.41) is 11.1. The lowest BCUT2D eigenvalue weighted by Crippen LogP contribution is -2.39. The molecule has 0 aliphatic rings. The maximum absolute atomic E-state index is 12.7. The highest BCUT2D eigenvalue weighted by Gasteiger charge is 2.33.